The Bertz CT molecular complexity index is 237. The quantitative estimate of drug-likeness (QED) is 0.566. The van der Waals surface area contributed by atoms with Gasteiger partial charge in [-0.15, -0.1) is 0 Å². The maximum absolute atomic E-state index is 11.9. The van der Waals surface area contributed by atoms with Crippen LogP contribution in [0.4, 0.5) is 0 Å². The van der Waals surface area contributed by atoms with Crippen LogP contribution in [-0.4, -0.2) is 46.8 Å². The van der Waals surface area contributed by atoms with E-state index in [2.05, 4.69) is 5.32 Å². The maximum Gasteiger partial charge on any atom is 0.237 e. The van der Waals surface area contributed by atoms with Gasteiger partial charge < -0.3 is 16.2 Å². The van der Waals surface area contributed by atoms with Crippen LogP contribution < -0.4 is 11.1 Å². The summed E-state index contributed by atoms with van der Waals surface area (Å²) in [5.41, 5.74) is 5.28. The number of nitrogens with zero attached hydrogens (tertiary/aromatic N) is 1. The summed E-state index contributed by atoms with van der Waals surface area (Å²) in [5.74, 6) is -0.0514. The molecule has 5 heteroatoms. The topological polar surface area (TPSA) is 78.6 Å². The van der Waals surface area contributed by atoms with Crippen molar-refractivity contribution in [3.05, 3.63) is 0 Å². The molecule has 0 aromatic rings. The molecule has 0 bridgehead atoms. The lowest BCUT2D eigenvalue weighted by Gasteiger charge is -2.26. The molecule has 15 heavy (non-hydrogen) atoms. The normalized spacial score (nSPS) is 28.1. The summed E-state index contributed by atoms with van der Waals surface area (Å²) in [4.78, 5) is 13.7. The highest BCUT2D eigenvalue weighted by molar-refractivity contribution is 5.82. The van der Waals surface area contributed by atoms with Crippen molar-refractivity contribution in [1.82, 2.24) is 10.2 Å². The van der Waals surface area contributed by atoms with Gasteiger partial charge in [0, 0.05) is 18.8 Å². The van der Waals surface area contributed by atoms with Crippen LogP contribution in [0.1, 0.15) is 27.2 Å². The average Bonchev–Trinajstić information content (AvgIpc) is 2.43. The Balaban J connectivity index is 2.59. The van der Waals surface area contributed by atoms with Gasteiger partial charge in [-0.05, 0) is 27.2 Å². The number of aliphatic hydroxyl groups is 1. The third-order valence-corrected chi connectivity index (χ3v) is 2.42. The van der Waals surface area contributed by atoms with Crippen LogP contribution in [0.25, 0.3) is 0 Å². The van der Waals surface area contributed by atoms with Crippen molar-refractivity contribution in [2.75, 3.05) is 13.2 Å². The number of carbonyl (C=O) groups excluding carboxylic acids is 1. The second kappa shape index (κ2) is 4.47. The van der Waals surface area contributed by atoms with Crippen LogP contribution in [0.5, 0.6) is 0 Å². The number of aliphatic hydroxyl groups excluding tert-OH is 1. The van der Waals surface area contributed by atoms with Gasteiger partial charge in [-0.1, -0.05) is 0 Å². The SMILES string of the molecule is CC(C)(C)NC(=O)C1CC(O)CN1CN. The standard InChI is InChI=1S/C10H21N3O2/c1-10(2,3)12-9(15)8-4-7(14)5-13(8)6-11/h7-8,14H,4-6,11H2,1-3H3,(H,12,15). The third-order valence-electron chi connectivity index (χ3n) is 2.42. The fourth-order valence-corrected chi connectivity index (χ4v) is 1.81. The largest absolute Gasteiger partial charge is 0.392 e. The molecule has 4 N–H and O–H groups in total. The number of hydrogen-bond donors (Lipinski definition) is 3. The van der Waals surface area contributed by atoms with Crippen molar-refractivity contribution >= 4 is 5.91 Å². The summed E-state index contributed by atoms with van der Waals surface area (Å²) < 4.78 is 0. The van der Waals surface area contributed by atoms with Crippen molar-refractivity contribution < 1.29 is 9.90 Å². The number of amides is 1. The lowest BCUT2D eigenvalue weighted by molar-refractivity contribution is -0.126. The molecule has 0 aromatic heterocycles. The first kappa shape index (κ1) is 12.4. The van der Waals surface area contributed by atoms with Gasteiger partial charge in [0.1, 0.15) is 0 Å². The molecule has 5 nitrogen and oxygen atoms in total. The van der Waals surface area contributed by atoms with E-state index in [1.54, 1.807) is 4.90 Å². The van der Waals surface area contributed by atoms with Crippen LogP contribution in [0, 0.1) is 0 Å². The van der Waals surface area contributed by atoms with Crippen LogP contribution in [0.3, 0.4) is 0 Å². The zero-order valence-electron chi connectivity index (χ0n) is 9.66. The van der Waals surface area contributed by atoms with E-state index < -0.39 is 6.10 Å². The van der Waals surface area contributed by atoms with Gasteiger partial charge in [0.15, 0.2) is 0 Å². The van der Waals surface area contributed by atoms with Crippen molar-refractivity contribution in [2.45, 2.75) is 44.9 Å². The van der Waals surface area contributed by atoms with E-state index in [9.17, 15) is 9.90 Å². The van der Waals surface area contributed by atoms with Crippen molar-refractivity contribution in [2.24, 2.45) is 5.73 Å². The third kappa shape index (κ3) is 3.44. The smallest absolute Gasteiger partial charge is 0.237 e. The molecule has 1 rings (SSSR count). The zero-order valence-corrected chi connectivity index (χ0v) is 9.66. The van der Waals surface area contributed by atoms with Gasteiger partial charge in [-0.25, -0.2) is 0 Å². The molecule has 0 spiro atoms. The first-order chi connectivity index (χ1) is 6.83. The lowest BCUT2D eigenvalue weighted by Crippen LogP contribution is -2.51. The highest BCUT2D eigenvalue weighted by Crippen LogP contribution is 2.17. The molecular weight excluding hydrogens is 194 g/mol. The minimum absolute atomic E-state index is 0.0514. The van der Waals surface area contributed by atoms with Crippen molar-refractivity contribution in [3.8, 4) is 0 Å². The minimum Gasteiger partial charge on any atom is -0.392 e. The van der Waals surface area contributed by atoms with Crippen molar-refractivity contribution in [1.29, 1.82) is 0 Å². The van der Waals surface area contributed by atoms with E-state index in [1.807, 2.05) is 20.8 Å². The summed E-state index contributed by atoms with van der Waals surface area (Å²) in [7, 11) is 0. The van der Waals surface area contributed by atoms with E-state index in [1.165, 1.54) is 0 Å². The van der Waals surface area contributed by atoms with Crippen LogP contribution in [0.15, 0.2) is 0 Å². The first-order valence-corrected chi connectivity index (χ1v) is 5.27. The number of hydrogen-bond acceptors (Lipinski definition) is 4. The van der Waals surface area contributed by atoms with E-state index in [-0.39, 0.29) is 17.5 Å². The molecule has 88 valence electrons. The van der Waals surface area contributed by atoms with E-state index in [4.69, 9.17) is 5.73 Å². The number of rotatable bonds is 2. The maximum atomic E-state index is 11.9. The Morgan fingerprint density at radius 3 is 2.67 bits per heavy atom. The monoisotopic (exact) mass is 215 g/mol. The van der Waals surface area contributed by atoms with Gasteiger partial charge >= 0.3 is 0 Å². The second-order valence-corrected chi connectivity index (χ2v) is 5.10. The molecule has 0 radical (unpaired) electrons. The van der Waals surface area contributed by atoms with Gasteiger partial charge in [-0.2, -0.15) is 0 Å². The van der Waals surface area contributed by atoms with Gasteiger partial charge in [0.25, 0.3) is 0 Å². The Hall–Kier alpha value is -0.650. The Kier molecular flexibility index (Phi) is 3.70. The summed E-state index contributed by atoms with van der Waals surface area (Å²) in [5, 5.41) is 12.4. The molecule has 1 aliphatic rings. The fraction of sp³-hybridized carbons (Fsp3) is 0.900. The second-order valence-electron chi connectivity index (χ2n) is 5.10. The average molecular weight is 215 g/mol. The summed E-state index contributed by atoms with van der Waals surface area (Å²) in [6.45, 7) is 6.59. The van der Waals surface area contributed by atoms with Crippen LogP contribution in [0.2, 0.25) is 0 Å². The number of carbonyl (C=O) groups is 1. The molecule has 1 heterocycles. The predicted octanol–water partition coefficient (Wildman–Crippen LogP) is -0.747. The zero-order chi connectivity index (χ0) is 11.6. The molecule has 2 atom stereocenters. The lowest BCUT2D eigenvalue weighted by atomic mass is 10.1. The highest BCUT2D eigenvalue weighted by atomic mass is 16.3. The van der Waals surface area contributed by atoms with E-state index in [0.717, 1.165) is 0 Å². The Morgan fingerprint density at radius 1 is 1.60 bits per heavy atom. The van der Waals surface area contributed by atoms with E-state index >= 15 is 0 Å². The molecule has 2 unspecified atom stereocenters. The molecule has 1 saturated heterocycles. The first-order valence-electron chi connectivity index (χ1n) is 5.27. The number of likely N-dealkylation sites (tertiary alicyclic amines) is 1. The highest BCUT2D eigenvalue weighted by Gasteiger charge is 2.36. The van der Waals surface area contributed by atoms with Crippen molar-refractivity contribution in [3.63, 3.8) is 0 Å². The number of β-amino-alcohol motifs (C(OH)–C–C–N with tert-alkyl or cyclic N) is 1. The van der Waals surface area contributed by atoms with Crippen LogP contribution >= 0.6 is 0 Å². The molecular formula is C10H21N3O2. The number of nitrogens with one attached hydrogen (secondary N) is 1. The fourth-order valence-electron chi connectivity index (χ4n) is 1.81. The van der Waals surface area contributed by atoms with Crippen LogP contribution in [-0.2, 0) is 4.79 Å². The summed E-state index contributed by atoms with van der Waals surface area (Å²) in [6.07, 6.45) is 0.0309. The Labute approximate surface area is 90.6 Å². The number of nitrogens with two attached hydrogens (primary N) is 1. The molecule has 0 aliphatic carbocycles. The molecule has 1 amide bonds. The molecule has 1 aliphatic heterocycles. The molecule has 1 fully saturated rings. The summed E-state index contributed by atoms with van der Waals surface area (Å²) in [6, 6.07) is -0.288. The summed E-state index contributed by atoms with van der Waals surface area (Å²) >= 11 is 0. The van der Waals surface area contributed by atoms with Gasteiger partial charge in [-0.3, -0.25) is 9.69 Å². The predicted molar refractivity (Wildman–Crippen MR) is 58.1 cm³/mol. The van der Waals surface area contributed by atoms with Gasteiger partial charge in [0.2, 0.25) is 5.91 Å². The minimum atomic E-state index is -0.440. The van der Waals surface area contributed by atoms with E-state index in [0.29, 0.717) is 19.6 Å². The molecule has 0 saturated carbocycles. The molecule has 0 aromatic carbocycles. The Morgan fingerprint density at radius 2 is 2.20 bits per heavy atom. The van der Waals surface area contributed by atoms with Gasteiger partial charge in [0.05, 0.1) is 12.1 Å².